The second kappa shape index (κ2) is 6.35. The van der Waals surface area contributed by atoms with Gasteiger partial charge in [0, 0.05) is 18.3 Å². The molecule has 7 nitrogen and oxygen atoms in total. The number of fused-ring (bicyclic) bond motifs is 2. The van der Waals surface area contributed by atoms with Crippen LogP contribution >= 0.6 is 0 Å². The van der Waals surface area contributed by atoms with E-state index >= 15 is 0 Å². The fourth-order valence-electron chi connectivity index (χ4n) is 4.72. The van der Waals surface area contributed by atoms with Crippen LogP contribution in [-0.2, 0) is 6.54 Å². The maximum absolute atomic E-state index is 12.2. The van der Waals surface area contributed by atoms with Gasteiger partial charge in [0.1, 0.15) is 0 Å². The van der Waals surface area contributed by atoms with Crippen molar-refractivity contribution in [2.45, 2.75) is 64.1 Å². The average Bonchev–Trinajstić information content (AvgIpc) is 3.19. The number of nitrogens with zero attached hydrogens (tertiary/aromatic N) is 1. The summed E-state index contributed by atoms with van der Waals surface area (Å²) < 4.78 is 1.56. The number of rotatable bonds is 5. The highest BCUT2D eigenvalue weighted by Crippen LogP contribution is 2.49. The molecule has 1 aromatic heterocycles. The van der Waals surface area contributed by atoms with E-state index in [9.17, 15) is 14.4 Å². The summed E-state index contributed by atoms with van der Waals surface area (Å²) in [5.74, 6) is 2.18. The first-order valence-corrected chi connectivity index (χ1v) is 9.40. The molecule has 0 saturated heterocycles. The molecule has 1 aromatic rings. The zero-order chi connectivity index (χ0) is 17.6. The van der Waals surface area contributed by atoms with Gasteiger partial charge in [0.25, 0.3) is 5.56 Å². The van der Waals surface area contributed by atoms with Gasteiger partial charge in [0.05, 0.1) is 12.1 Å². The van der Waals surface area contributed by atoms with Crippen molar-refractivity contribution in [3.8, 4) is 0 Å². The van der Waals surface area contributed by atoms with Crippen molar-refractivity contribution in [1.82, 2.24) is 20.2 Å². The minimum atomic E-state index is -0.427. The smallest absolute Gasteiger partial charge is 0.328 e. The molecule has 4 unspecified atom stereocenters. The molecule has 2 bridgehead atoms. The second-order valence-electron chi connectivity index (χ2n) is 8.01. The summed E-state index contributed by atoms with van der Waals surface area (Å²) in [6, 6.07) is 0.0857. The Hall–Kier alpha value is -2.05. The number of H-pyrrole nitrogens is 1. The zero-order valence-electron chi connectivity index (χ0n) is 14.6. The lowest BCUT2D eigenvalue weighted by Crippen LogP contribution is -2.45. The van der Waals surface area contributed by atoms with Crippen LogP contribution in [-0.4, -0.2) is 21.6 Å². The molecule has 0 aromatic carbocycles. The molecule has 25 heavy (non-hydrogen) atoms. The van der Waals surface area contributed by atoms with Crippen LogP contribution in [0.15, 0.2) is 15.8 Å². The summed E-state index contributed by atoms with van der Waals surface area (Å²) in [5, 5.41) is 5.79. The van der Waals surface area contributed by atoms with Crippen molar-refractivity contribution in [2.24, 2.45) is 17.8 Å². The largest absolute Gasteiger partial charge is 0.335 e. The van der Waals surface area contributed by atoms with Crippen LogP contribution in [0.25, 0.3) is 0 Å². The minimum absolute atomic E-state index is 0.123. The number of carbonyl (C=O) groups excluding carboxylic acids is 1. The molecule has 4 atom stereocenters. The van der Waals surface area contributed by atoms with Gasteiger partial charge in [-0.1, -0.05) is 6.42 Å². The van der Waals surface area contributed by atoms with Gasteiger partial charge in [0.15, 0.2) is 0 Å². The first kappa shape index (κ1) is 16.4. The lowest BCUT2D eigenvalue weighted by molar-refractivity contribution is 0.220. The van der Waals surface area contributed by atoms with E-state index in [0.29, 0.717) is 11.5 Å². The van der Waals surface area contributed by atoms with Crippen LogP contribution in [0, 0.1) is 17.8 Å². The third-order valence-corrected chi connectivity index (χ3v) is 6.21. The van der Waals surface area contributed by atoms with Gasteiger partial charge < -0.3 is 10.6 Å². The van der Waals surface area contributed by atoms with Crippen molar-refractivity contribution >= 4 is 6.03 Å². The average molecular weight is 346 g/mol. The highest BCUT2D eigenvalue weighted by molar-refractivity contribution is 5.74. The van der Waals surface area contributed by atoms with Crippen molar-refractivity contribution in [3.63, 3.8) is 0 Å². The van der Waals surface area contributed by atoms with Gasteiger partial charge in [0.2, 0.25) is 0 Å². The Morgan fingerprint density at radius 1 is 1.28 bits per heavy atom. The Morgan fingerprint density at radius 2 is 2.08 bits per heavy atom. The van der Waals surface area contributed by atoms with Gasteiger partial charge >= 0.3 is 11.7 Å². The molecular weight excluding hydrogens is 320 g/mol. The fraction of sp³-hybridized carbons (Fsp3) is 0.722. The molecule has 4 rings (SSSR count). The van der Waals surface area contributed by atoms with Crippen LogP contribution < -0.4 is 21.9 Å². The molecule has 3 fully saturated rings. The molecule has 3 aliphatic carbocycles. The first-order valence-electron chi connectivity index (χ1n) is 9.40. The van der Waals surface area contributed by atoms with Crippen LogP contribution in [0.3, 0.4) is 0 Å². The fourth-order valence-corrected chi connectivity index (χ4v) is 4.72. The van der Waals surface area contributed by atoms with Crippen molar-refractivity contribution in [3.05, 3.63) is 32.6 Å². The third-order valence-electron chi connectivity index (χ3n) is 6.21. The van der Waals surface area contributed by atoms with Crippen LogP contribution in [0.1, 0.15) is 57.1 Å². The topological polar surface area (TPSA) is 96.0 Å². The summed E-state index contributed by atoms with van der Waals surface area (Å²) in [7, 11) is 0. The van der Waals surface area contributed by atoms with E-state index in [-0.39, 0.29) is 30.3 Å². The minimum Gasteiger partial charge on any atom is -0.335 e. The number of carbonyl (C=O) groups is 1. The van der Waals surface area contributed by atoms with Crippen molar-refractivity contribution < 1.29 is 4.79 Å². The summed E-state index contributed by atoms with van der Waals surface area (Å²) in [4.78, 5) is 38.2. The normalized spacial score (nSPS) is 28.8. The van der Waals surface area contributed by atoms with Gasteiger partial charge in [-0.05, 0) is 56.8 Å². The summed E-state index contributed by atoms with van der Waals surface area (Å²) >= 11 is 0. The molecule has 2 amide bonds. The van der Waals surface area contributed by atoms with Crippen molar-refractivity contribution in [1.29, 1.82) is 0 Å². The number of hydrogen-bond donors (Lipinski definition) is 3. The van der Waals surface area contributed by atoms with Gasteiger partial charge in [-0.25, -0.2) is 9.59 Å². The molecule has 0 aliphatic heterocycles. The lowest BCUT2D eigenvalue weighted by Gasteiger charge is -2.28. The number of urea groups is 1. The second-order valence-corrected chi connectivity index (χ2v) is 8.01. The maximum atomic E-state index is 12.2. The third kappa shape index (κ3) is 3.37. The van der Waals surface area contributed by atoms with E-state index in [2.05, 4.69) is 22.5 Å². The van der Waals surface area contributed by atoms with Gasteiger partial charge in [-0.3, -0.25) is 14.3 Å². The monoisotopic (exact) mass is 346 g/mol. The Morgan fingerprint density at radius 3 is 2.72 bits per heavy atom. The highest BCUT2D eigenvalue weighted by Gasteiger charge is 2.42. The maximum Gasteiger partial charge on any atom is 0.328 e. The number of aromatic nitrogens is 2. The van der Waals surface area contributed by atoms with Crippen LogP contribution in [0.5, 0.6) is 0 Å². The Balaban J connectivity index is 1.33. The van der Waals surface area contributed by atoms with E-state index in [0.717, 1.165) is 24.7 Å². The molecule has 3 N–H and O–H groups in total. The summed E-state index contributed by atoms with van der Waals surface area (Å²) in [6.07, 6.45) is 8.67. The lowest BCUT2D eigenvalue weighted by atomic mass is 9.84. The Bertz CT molecular complexity index is 779. The van der Waals surface area contributed by atoms with Crippen LogP contribution in [0.2, 0.25) is 0 Å². The number of hydrogen-bond acceptors (Lipinski definition) is 3. The molecular formula is C18H26N4O3. The van der Waals surface area contributed by atoms with E-state index < -0.39 is 5.56 Å². The first-order chi connectivity index (χ1) is 12.0. The van der Waals surface area contributed by atoms with Gasteiger partial charge in [-0.2, -0.15) is 0 Å². The molecule has 0 spiro atoms. The SMILES string of the molecule is CC(NC(=O)NCc1cn(C2CC2)c(=O)[nH]c1=O)C1CC2CCC1C2. The number of amides is 2. The van der Waals surface area contributed by atoms with E-state index in [1.807, 2.05) is 0 Å². The van der Waals surface area contributed by atoms with E-state index in [4.69, 9.17) is 0 Å². The van der Waals surface area contributed by atoms with Gasteiger partial charge in [-0.15, -0.1) is 0 Å². The molecule has 3 saturated carbocycles. The van der Waals surface area contributed by atoms with Crippen molar-refractivity contribution in [2.75, 3.05) is 0 Å². The number of nitrogens with one attached hydrogen (secondary N) is 3. The van der Waals surface area contributed by atoms with E-state index in [1.54, 1.807) is 10.8 Å². The molecule has 1 heterocycles. The molecule has 136 valence electrons. The molecule has 7 heteroatoms. The number of aromatic amines is 1. The Labute approximate surface area is 146 Å². The molecule has 0 radical (unpaired) electrons. The predicted octanol–water partition coefficient (Wildman–Crippen LogP) is 1.50. The molecule has 3 aliphatic rings. The zero-order valence-corrected chi connectivity index (χ0v) is 14.6. The Kier molecular flexibility index (Phi) is 4.17. The van der Waals surface area contributed by atoms with E-state index in [1.165, 1.54) is 25.7 Å². The standard InChI is InChI=1S/C18H26N4O3/c1-10(15-7-11-2-3-12(15)6-11)20-17(24)19-8-13-9-22(14-4-5-14)18(25)21-16(13)23/h9-12,14-15H,2-8H2,1H3,(H2,19,20,24)(H,21,23,25). The highest BCUT2D eigenvalue weighted by atomic mass is 16.2. The predicted molar refractivity (Wildman–Crippen MR) is 93.4 cm³/mol. The summed E-state index contributed by atoms with van der Waals surface area (Å²) in [6.45, 7) is 2.20. The quantitative estimate of drug-likeness (QED) is 0.754. The summed E-state index contributed by atoms with van der Waals surface area (Å²) in [5.41, 5.74) is -0.386. The van der Waals surface area contributed by atoms with Crippen LogP contribution in [0.4, 0.5) is 4.79 Å².